The van der Waals surface area contributed by atoms with Gasteiger partial charge in [0.25, 0.3) is 0 Å². The molecule has 0 amide bonds. The Hall–Kier alpha value is -0.870. The largest absolute Gasteiger partial charge is 0.338 e. The molecule has 0 aromatic carbocycles. The minimum atomic E-state index is 0.694. The molecule has 1 aliphatic rings. The normalized spacial score (nSPS) is 21.7. The average molecular weight is 250 g/mol. The summed E-state index contributed by atoms with van der Waals surface area (Å²) in [5.74, 6) is 1.96. The van der Waals surface area contributed by atoms with Crippen LogP contribution in [0.4, 0.5) is 0 Å². The van der Waals surface area contributed by atoms with Crippen molar-refractivity contribution in [3.05, 3.63) is 18.2 Å². The van der Waals surface area contributed by atoms with Gasteiger partial charge in [-0.05, 0) is 12.3 Å². The molecule has 4 heteroatoms. The van der Waals surface area contributed by atoms with E-state index < -0.39 is 0 Å². The van der Waals surface area contributed by atoms with E-state index >= 15 is 0 Å². The molecule has 1 aromatic rings. The number of nitrogens with zero attached hydrogens (tertiary/aromatic N) is 3. The van der Waals surface area contributed by atoms with Crippen molar-refractivity contribution in [3.63, 3.8) is 0 Å². The van der Waals surface area contributed by atoms with E-state index in [-0.39, 0.29) is 0 Å². The molecular formula is C14H26N4. The van der Waals surface area contributed by atoms with Crippen molar-refractivity contribution in [2.75, 3.05) is 26.2 Å². The quantitative estimate of drug-likeness (QED) is 0.854. The molecule has 0 bridgehead atoms. The second-order valence-electron chi connectivity index (χ2n) is 5.73. The van der Waals surface area contributed by atoms with Gasteiger partial charge in [0, 0.05) is 58.1 Å². The van der Waals surface area contributed by atoms with Crippen molar-refractivity contribution in [1.82, 2.24) is 19.8 Å². The number of nitrogens with one attached hydrogen (secondary N) is 1. The minimum Gasteiger partial charge on any atom is -0.338 e. The summed E-state index contributed by atoms with van der Waals surface area (Å²) in [6.07, 6.45) is 6.25. The number of hydrogen-bond donors (Lipinski definition) is 1. The van der Waals surface area contributed by atoms with E-state index in [1.54, 1.807) is 0 Å². The summed E-state index contributed by atoms with van der Waals surface area (Å²) in [5.41, 5.74) is 0. The Balaban J connectivity index is 1.87. The van der Waals surface area contributed by atoms with Crippen LogP contribution in [-0.2, 0) is 13.5 Å². The molecule has 0 saturated carbocycles. The average Bonchev–Trinajstić information content (AvgIpc) is 2.73. The summed E-state index contributed by atoms with van der Waals surface area (Å²) in [6, 6.07) is 0.694. The monoisotopic (exact) mass is 250 g/mol. The number of imidazole rings is 1. The van der Waals surface area contributed by atoms with Crippen molar-refractivity contribution >= 4 is 0 Å². The summed E-state index contributed by atoms with van der Waals surface area (Å²) in [7, 11) is 2.08. The zero-order valence-electron chi connectivity index (χ0n) is 11.9. The lowest BCUT2D eigenvalue weighted by Crippen LogP contribution is -2.52. The summed E-state index contributed by atoms with van der Waals surface area (Å²) in [5, 5.41) is 3.51. The zero-order chi connectivity index (χ0) is 13.0. The van der Waals surface area contributed by atoms with Gasteiger partial charge in [-0.25, -0.2) is 4.98 Å². The van der Waals surface area contributed by atoms with Crippen molar-refractivity contribution in [2.24, 2.45) is 13.0 Å². The summed E-state index contributed by atoms with van der Waals surface area (Å²) in [4.78, 5) is 7.04. The molecule has 2 rings (SSSR count). The van der Waals surface area contributed by atoms with Gasteiger partial charge in [-0.2, -0.15) is 0 Å². The van der Waals surface area contributed by atoms with Crippen LogP contribution in [-0.4, -0.2) is 46.7 Å². The van der Waals surface area contributed by atoms with Crippen molar-refractivity contribution < 1.29 is 0 Å². The molecule has 1 saturated heterocycles. The van der Waals surface area contributed by atoms with E-state index in [1.165, 1.54) is 18.8 Å². The van der Waals surface area contributed by atoms with E-state index in [1.807, 2.05) is 12.4 Å². The van der Waals surface area contributed by atoms with Crippen LogP contribution in [0.25, 0.3) is 0 Å². The van der Waals surface area contributed by atoms with E-state index in [0.29, 0.717) is 6.04 Å². The van der Waals surface area contributed by atoms with Crippen LogP contribution >= 0.6 is 0 Å². The maximum Gasteiger partial charge on any atom is 0.109 e. The second-order valence-corrected chi connectivity index (χ2v) is 5.73. The molecule has 1 aromatic heterocycles. The van der Waals surface area contributed by atoms with E-state index in [0.717, 1.165) is 32.0 Å². The molecule has 1 aliphatic heterocycles. The Morgan fingerprint density at radius 3 is 3.00 bits per heavy atom. The van der Waals surface area contributed by atoms with Gasteiger partial charge in [0.05, 0.1) is 0 Å². The van der Waals surface area contributed by atoms with Crippen LogP contribution < -0.4 is 5.32 Å². The van der Waals surface area contributed by atoms with E-state index in [2.05, 4.69) is 40.7 Å². The van der Waals surface area contributed by atoms with Crippen molar-refractivity contribution in [3.8, 4) is 0 Å². The number of hydrogen-bond acceptors (Lipinski definition) is 3. The van der Waals surface area contributed by atoms with Crippen LogP contribution in [0.1, 0.15) is 26.1 Å². The van der Waals surface area contributed by atoms with Gasteiger partial charge in [-0.15, -0.1) is 0 Å². The lowest BCUT2D eigenvalue weighted by molar-refractivity contribution is 0.142. The van der Waals surface area contributed by atoms with Gasteiger partial charge in [-0.1, -0.05) is 13.8 Å². The molecule has 0 aliphatic carbocycles. The Kier molecular flexibility index (Phi) is 4.78. The topological polar surface area (TPSA) is 33.1 Å². The predicted octanol–water partition coefficient (Wildman–Crippen LogP) is 1.28. The first-order chi connectivity index (χ1) is 8.66. The first kappa shape index (κ1) is 13.6. The number of piperazine rings is 1. The molecule has 102 valence electrons. The Bertz CT molecular complexity index is 358. The van der Waals surface area contributed by atoms with Crippen LogP contribution in [0.5, 0.6) is 0 Å². The highest BCUT2D eigenvalue weighted by molar-refractivity contribution is 4.93. The molecule has 4 nitrogen and oxygen atoms in total. The van der Waals surface area contributed by atoms with Gasteiger partial charge in [0.1, 0.15) is 5.82 Å². The fourth-order valence-corrected chi connectivity index (χ4v) is 2.75. The molecule has 0 spiro atoms. The van der Waals surface area contributed by atoms with Gasteiger partial charge >= 0.3 is 0 Å². The Morgan fingerprint density at radius 2 is 2.33 bits per heavy atom. The number of aromatic nitrogens is 2. The lowest BCUT2D eigenvalue weighted by atomic mass is 10.0. The predicted molar refractivity (Wildman–Crippen MR) is 74.6 cm³/mol. The smallest absolute Gasteiger partial charge is 0.109 e. The summed E-state index contributed by atoms with van der Waals surface area (Å²) < 4.78 is 2.12. The third-order valence-corrected chi connectivity index (χ3v) is 3.76. The molecule has 1 atom stereocenters. The first-order valence-electron chi connectivity index (χ1n) is 7.07. The lowest BCUT2D eigenvalue weighted by Gasteiger charge is -2.37. The van der Waals surface area contributed by atoms with E-state index in [4.69, 9.17) is 0 Å². The standard InChI is InChI=1S/C14H26N4/c1-12(2)10-13-11-15-5-9-18(13)7-4-14-16-6-8-17(14)3/h6,8,12-13,15H,4-5,7,9-11H2,1-3H3. The van der Waals surface area contributed by atoms with Crippen LogP contribution in [0.2, 0.25) is 0 Å². The maximum absolute atomic E-state index is 4.41. The maximum atomic E-state index is 4.41. The fourth-order valence-electron chi connectivity index (χ4n) is 2.75. The number of aryl methyl sites for hydroxylation is 1. The summed E-state index contributed by atoms with van der Waals surface area (Å²) >= 11 is 0. The highest BCUT2D eigenvalue weighted by Crippen LogP contribution is 2.14. The molecule has 1 unspecified atom stereocenters. The third-order valence-electron chi connectivity index (χ3n) is 3.76. The van der Waals surface area contributed by atoms with Crippen molar-refractivity contribution in [2.45, 2.75) is 32.7 Å². The summed E-state index contributed by atoms with van der Waals surface area (Å²) in [6.45, 7) is 9.18. The van der Waals surface area contributed by atoms with E-state index in [9.17, 15) is 0 Å². The van der Waals surface area contributed by atoms with Gasteiger partial charge < -0.3 is 9.88 Å². The highest BCUT2D eigenvalue weighted by Gasteiger charge is 2.22. The van der Waals surface area contributed by atoms with Crippen LogP contribution in [0, 0.1) is 5.92 Å². The first-order valence-corrected chi connectivity index (χ1v) is 7.07. The molecule has 1 N–H and O–H groups in total. The molecule has 0 radical (unpaired) electrons. The third kappa shape index (κ3) is 3.56. The van der Waals surface area contributed by atoms with Crippen LogP contribution in [0.15, 0.2) is 12.4 Å². The SMILES string of the molecule is CC(C)CC1CNCCN1CCc1nccn1C. The van der Waals surface area contributed by atoms with Crippen molar-refractivity contribution in [1.29, 1.82) is 0 Å². The second kappa shape index (κ2) is 6.34. The zero-order valence-corrected chi connectivity index (χ0v) is 11.9. The molecular weight excluding hydrogens is 224 g/mol. The van der Waals surface area contributed by atoms with Gasteiger partial charge in [0.15, 0.2) is 0 Å². The van der Waals surface area contributed by atoms with Gasteiger partial charge in [0.2, 0.25) is 0 Å². The number of rotatable bonds is 5. The van der Waals surface area contributed by atoms with Crippen LogP contribution in [0.3, 0.4) is 0 Å². The fraction of sp³-hybridized carbons (Fsp3) is 0.786. The molecule has 18 heavy (non-hydrogen) atoms. The molecule has 1 fully saturated rings. The highest BCUT2D eigenvalue weighted by atomic mass is 15.2. The Morgan fingerprint density at radius 1 is 1.50 bits per heavy atom. The van der Waals surface area contributed by atoms with Gasteiger partial charge in [-0.3, -0.25) is 4.90 Å². The Labute approximate surface area is 110 Å². The minimum absolute atomic E-state index is 0.694. The molecule has 2 heterocycles.